The maximum absolute atomic E-state index is 11.0. The molecule has 6 nitrogen and oxygen atoms in total. The zero-order valence-electron chi connectivity index (χ0n) is 12.4. The van der Waals surface area contributed by atoms with E-state index in [-0.39, 0.29) is 10.6 Å². The molecule has 6 heteroatoms. The number of nitrogens with zero attached hydrogens (tertiary/aromatic N) is 1. The maximum atomic E-state index is 11.0. The van der Waals surface area contributed by atoms with Crippen molar-refractivity contribution in [3.63, 3.8) is 0 Å². The summed E-state index contributed by atoms with van der Waals surface area (Å²) in [5.41, 5.74) is 1.68. The monoisotopic (exact) mass is 293 g/mol. The SMILES string of the molecule is CCCNc1cc(NCC2CCCOC2)cc([N+](=O)[O-])c1. The molecule has 0 spiro atoms. The molecule has 2 N–H and O–H groups in total. The van der Waals surface area contributed by atoms with Crippen molar-refractivity contribution in [2.75, 3.05) is 36.9 Å². The van der Waals surface area contributed by atoms with Gasteiger partial charge in [0.25, 0.3) is 5.69 Å². The lowest BCUT2D eigenvalue weighted by Crippen LogP contribution is -2.24. The number of nitro benzene ring substituents is 1. The van der Waals surface area contributed by atoms with Crippen LogP contribution in [0.2, 0.25) is 0 Å². The highest BCUT2D eigenvalue weighted by molar-refractivity contribution is 5.63. The van der Waals surface area contributed by atoms with Crippen LogP contribution in [0.15, 0.2) is 18.2 Å². The van der Waals surface area contributed by atoms with Crippen LogP contribution in [0.5, 0.6) is 0 Å². The van der Waals surface area contributed by atoms with E-state index in [0.29, 0.717) is 5.92 Å². The van der Waals surface area contributed by atoms with Crippen LogP contribution >= 0.6 is 0 Å². The van der Waals surface area contributed by atoms with Crippen LogP contribution in [0, 0.1) is 16.0 Å². The van der Waals surface area contributed by atoms with Crippen LogP contribution in [0.25, 0.3) is 0 Å². The van der Waals surface area contributed by atoms with Crippen molar-refractivity contribution < 1.29 is 9.66 Å². The van der Waals surface area contributed by atoms with E-state index in [1.54, 1.807) is 12.1 Å². The molecule has 0 aliphatic carbocycles. The minimum absolute atomic E-state index is 0.110. The van der Waals surface area contributed by atoms with Gasteiger partial charge < -0.3 is 15.4 Å². The molecule has 1 saturated heterocycles. The van der Waals surface area contributed by atoms with Crippen LogP contribution in [0.3, 0.4) is 0 Å². The maximum Gasteiger partial charge on any atom is 0.273 e. The van der Waals surface area contributed by atoms with Crippen LogP contribution in [0.1, 0.15) is 26.2 Å². The Labute approximate surface area is 125 Å². The van der Waals surface area contributed by atoms with E-state index in [2.05, 4.69) is 17.6 Å². The molecule has 0 bridgehead atoms. The largest absolute Gasteiger partial charge is 0.385 e. The van der Waals surface area contributed by atoms with Gasteiger partial charge >= 0.3 is 0 Å². The molecule has 0 radical (unpaired) electrons. The number of benzene rings is 1. The Bertz CT molecular complexity index is 473. The normalized spacial score (nSPS) is 18.2. The highest BCUT2D eigenvalue weighted by atomic mass is 16.6. The molecule has 1 atom stereocenters. The van der Waals surface area contributed by atoms with Crippen LogP contribution in [0.4, 0.5) is 17.1 Å². The molecule has 116 valence electrons. The summed E-state index contributed by atoms with van der Waals surface area (Å²) in [6, 6.07) is 5.08. The summed E-state index contributed by atoms with van der Waals surface area (Å²) in [6.07, 6.45) is 3.21. The first-order chi connectivity index (χ1) is 10.2. The average molecular weight is 293 g/mol. The van der Waals surface area contributed by atoms with Crippen molar-refractivity contribution in [1.29, 1.82) is 0 Å². The van der Waals surface area contributed by atoms with Gasteiger partial charge in [-0.2, -0.15) is 0 Å². The Kier molecular flexibility index (Phi) is 5.80. The third-order valence-corrected chi connectivity index (χ3v) is 3.56. The number of hydrogen-bond acceptors (Lipinski definition) is 5. The van der Waals surface area contributed by atoms with Crippen molar-refractivity contribution in [2.45, 2.75) is 26.2 Å². The number of non-ortho nitro benzene ring substituents is 1. The third kappa shape index (κ3) is 4.90. The molecule has 1 unspecified atom stereocenters. The molecule has 0 saturated carbocycles. The highest BCUT2D eigenvalue weighted by Crippen LogP contribution is 2.25. The fourth-order valence-electron chi connectivity index (χ4n) is 2.42. The van der Waals surface area contributed by atoms with E-state index in [1.165, 1.54) is 0 Å². The number of nitro groups is 1. The third-order valence-electron chi connectivity index (χ3n) is 3.56. The molecule has 0 aromatic heterocycles. The summed E-state index contributed by atoms with van der Waals surface area (Å²) < 4.78 is 5.45. The standard InChI is InChI=1S/C15H23N3O3/c1-2-5-16-13-7-14(9-15(8-13)18(19)20)17-10-12-4-3-6-21-11-12/h7-9,12,16-17H,2-6,10-11H2,1H3. The van der Waals surface area contributed by atoms with E-state index >= 15 is 0 Å². The van der Waals surface area contributed by atoms with Gasteiger partial charge in [0.15, 0.2) is 0 Å². The van der Waals surface area contributed by atoms with Gasteiger partial charge in [-0.3, -0.25) is 10.1 Å². The van der Waals surface area contributed by atoms with Gasteiger partial charge in [-0.1, -0.05) is 6.92 Å². The molecular weight excluding hydrogens is 270 g/mol. The number of hydrogen-bond donors (Lipinski definition) is 2. The summed E-state index contributed by atoms with van der Waals surface area (Å²) in [7, 11) is 0. The summed E-state index contributed by atoms with van der Waals surface area (Å²) in [4.78, 5) is 10.7. The number of rotatable bonds is 7. The topological polar surface area (TPSA) is 76.4 Å². The van der Waals surface area contributed by atoms with E-state index in [9.17, 15) is 10.1 Å². The summed E-state index contributed by atoms with van der Waals surface area (Å²) >= 11 is 0. The van der Waals surface area contributed by atoms with Gasteiger partial charge in [-0.25, -0.2) is 0 Å². The second-order valence-corrected chi connectivity index (χ2v) is 5.42. The Hall–Kier alpha value is -1.82. The Morgan fingerprint density at radius 1 is 1.33 bits per heavy atom. The van der Waals surface area contributed by atoms with Gasteiger partial charge in [-0.05, 0) is 31.2 Å². The predicted octanol–water partition coefficient (Wildman–Crippen LogP) is 3.26. The van der Waals surface area contributed by atoms with Crippen molar-refractivity contribution in [3.05, 3.63) is 28.3 Å². The van der Waals surface area contributed by atoms with Crippen molar-refractivity contribution >= 4 is 17.1 Å². The fraction of sp³-hybridized carbons (Fsp3) is 0.600. The molecule has 1 aliphatic heterocycles. The van der Waals surface area contributed by atoms with Gasteiger partial charge in [0.1, 0.15) is 0 Å². The summed E-state index contributed by atoms with van der Waals surface area (Å²) in [5.74, 6) is 0.477. The van der Waals surface area contributed by atoms with Crippen molar-refractivity contribution in [1.82, 2.24) is 0 Å². The Morgan fingerprint density at radius 2 is 2.10 bits per heavy atom. The first-order valence-corrected chi connectivity index (χ1v) is 7.54. The molecule has 1 aromatic carbocycles. The molecule has 1 fully saturated rings. The number of anilines is 2. The molecule has 1 aliphatic rings. The van der Waals surface area contributed by atoms with Crippen LogP contribution in [-0.2, 0) is 4.74 Å². The minimum Gasteiger partial charge on any atom is -0.385 e. The summed E-state index contributed by atoms with van der Waals surface area (Å²) in [5, 5.41) is 17.5. The molecule has 2 rings (SSSR count). The summed E-state index contributed by atoms with van der Waals surface area (Å²) in [6.45, 7) is 5.26. The number of nitrogens with one attached hydrogen (secondary N) is 2. The average Bonchev–Trinajstić information content (AvgIpc) is 2.51. The minimum atomic E-state index is -0.355. The second-order valence-electron chi connectivity index (χ2n) is 5.42. The molecule has 1 heterocycles. The first kappa shape index (κ1) is 15.6. The first-order valence-electron chi connectivity index (χ1n) is 7.54. The Morgan fingerprint density at radius 3 is 2.71 bits per heavy atom. The van der Waals surface area contributed by atoms with Gasteiger partial charge in [-0.15, -0.1) is 0 Å². The quantitative estimate of drug-likeness (QED) is 0.596. The lowest BCUT2D eigenvalue weighted by atomic mass is 10.0. The molecular formula is C15H23N3O3. The molecule has 1 aromatic rings. The van der Waals surface area contributed by atoms with Crippen molar-refractivity contribution in [3.8, 4) is 0 Å². The van der Waals surface area contributed by atoms with Gasteiger partial charge in [0, 0.05) is 43.2 Å². The lowest BCUT2D eigenvalue weighted by Gasteiger charge is -2.22. The lowest BCUT2D eigenvalue weighted by molar-refractivity contribution is -0.384. The van der Waals surface area contributed by atoms with E-state index < -0.39 is 0 Å². The van der Waals surface area contributed by atoms with E-state index in [0.717, 1.165) is 56.9 Å². The van der Waals surface area contributed by atoms with Gasteiger partial charge in [0.05, 0.1) is 11.5 Å². The van der Waals surface area contributed by atoms with Crippen LogP contribution < -0.4 is 10.6 Å². The van der Waals surface area contributed by atoms with Gasteiger partial charge in [0.2, 0.25) is 0 Å². The zero-order chi connectivity index (χ0) is 15.1. The number of ether oxygens (including phenoxy) is 1. The fourth-order valence-corrected chi connectivity index (χ4v) is 2.42. The molecule has 21 heavy (non-hydrogen) atoms. The van der Waals surface area contributed by atoms with E-state index in [4.69, 9.17) is 4.74 Å². The Balaban J connectivity index is 2.02. The van der Waals surface area contributed by atoms with Crippen LogP contribution in [-0.4, -0.2) is 31.2 Å². The zero-order valence-corrected chi connectivity index (χ0v) is 12.4. The van der Waals surface area contributed by atoms with Crippen molar-refractivity contribution in [2.24, 2.45) is 5.92 Å². The smallest absolute Gasteiger partial charge is 0.273 e. The second kappa shape index (κ2) is 7.83. The molecule has 0 amide bonds. The highest BCUT2D eigenvalue weighted by Gasteiger charge is 2.15. The predicted molar refractivity (Wildman–Crippen MR) is 83.9 cm³/mol. The van der Waals surface area contributed by atoms with E-state index in [1.807, 2.05) is 6.07 Å².